The van der Waals surface area contributed by atoms with Gasteiger partial charge in [0.25, 0.3) is 0 Å². The molecule has 0 amide bonds. The van der Waals surface area contributed by atoms with Crippen molar-refractivity contribution in [1.29, 1.82) is 0 Å². The molecule has 1 N–H and O–H groups in total. The number of rotatable bonds is 2. The molecule has 1 aromatic carbocycles. The van der Waals surface area contributed by atoms with Crippen LogP contribution in [0.1, 0.15) is 5.56 Å². The summed E-state index contributed by atoms with van der Waals surface area (Å²) in [6.45, 7) is 0.178. The van der Waals surface area contributed by atoms with Gasteiger partial charge in [-0.1, -0.05) is 18.2 Å². The van der Waals surface area contributed by atoms with Crippen LogP contribution >= 0.6 is 0 Å². The molecule has 2 rings (SSSR count). The molecule has 0 aliphatic heterocycles. The molecule has 0 spiro atoms. The molecule has 3 nitrogen and oxygen atoms in total. The van der Waals surface area contributed by atoms with Gasteiger partial charge in [0.05, 0.1) is 5.52 Å². The predicted molar refractivity (Wildman–Crippen MR) is 49.2 cm³/mol. The van der Waals surface area contributed by atoms with Gasteiger partial charge in [-0.15, -0.1) is 0 Å². The van der Waals surface area contributed by atoms with Gasteiger partial charge in [0.15, 0.2) is 0 Å². The second kappa shape index (κ2) is 3.51. The van der Waals surface area contributed by atoms with Gasteiger partial charge in [0, 0.05) is 11.6 Å². The lowest BCUT2D eigenvalue weighted by Gasteiger charge is -1.99. The van der Waals surface area contributed by atoms with Crippen LogP contribution in [0.3, 0.4) is 0 Å². The third kappa shape index (κ3) is 1.66. The zero-order valence-electron chi connectivity index (χ0n) is 6.97. The van der Waals surface area contributed by atoms with Crippen LogP contribution < -0.4 is 0 Å². The van der Waals surface area contributed by atoms with Gasteiger partial charge in [-0.3, -0.25) is 10.2 Å². The molecule has 0 unspecified atom stereocenters. The summed E-state index contributed by atoms with van der Waals surface area (Å²) in [6.07, 6.45) is 1.69. The van der Waals surface area contributed by atoms with Crippen LogP contribution in [0.15, 0.2) is 36.5 Å². The van der Waals surface area contributed by atoms with Crippen molar-refractivity contribution in [3.63, 3.8) is 0 Å². The van der Waals surface area contributed by atoms with Crippen LogP contribution in [-0.2, 0) is 11.5 Å². The second-order valence-electron chi connectivity index (χ2n) is 2.81. The number of benzene rings is 1. The van der Waals surface area contributed by atoms with Gasteiger partial charge in [0.2, 0.25) is 0 Å². The largest absolute Gasteiger partial charge is 0.256 e. The molecule has 1 aromatic heterocycles. The van der Waals surface area contributed by atoms with Gasteiger partial charge in [-0.05, 0) is 17.7 Å². The molecular formula is C10H9NO2. The molecular weight excluding hydrogens is 166 g/mol. The fraction of sp³-hybridized carbons (Fsp3) is 0.100. The number of pyridine rings is 1. The molecule has 0 atom stereocenters. The first-order valence-electron chi connectivity index (χ1n) is 4.00. The quantitative estimate of drug-likeness (QED) is 0.562. The fourth-order valence-corrected chi connectivity index (χ4v) is 1.27. The highest BCUT2D eigenvalue weighted by molar-refractivity contribution is 5.78. The maximum Gasteiger partial charge on any atom is 0.109 e. The third-order valence-corrected chi connectivity index (χ3v) is 1.88. The Hall–Kier alpha value is -1.45. The van der Waals surface area contributed by atoms with Gasteiger partial charge in [0.1, 0.15) is 6.61 Å². The minimum absolute atomic E-state index is 0.178. The van der Waals surface area contributed by atoms with Crippen LogP contribution in [0.4, 0.5) is 0 Å². The van der Waals surface area contributed by atoms with Gasteiger partial charge in [-0.2, -0.15) is 0 Å². The predicted octanol–water partition coefficient (Wildman–Crippen LogP) is 2.22. The van der Waals surface area contributed by atoms with Gasteiger partial charge in [-0.25, -0.2) is 4.89 Å². The van der Waals surface area contributed by atoms with Gasteiger partial charge < -0.3 is 0 Å². The fourth-order valence-electron chi connectivity index (χ4n) is 1.27. The Morgan fingerprint density at radius 1 is 1.31 bits per heavy atom. The molecule has 0 saturated carbocycles. The van der Waals surface area contributed by atoms with E-state index < -0.39 is 0 Å². The van der Waals surface area contributed by atoms with E-state index in [1.54, 1.807) is 6.20 Å². The maximum absolute atomic E-state index is 8.26. The zero-order chi connectivity index (χ0) is 9.10. The first kappa shape index (κ1) is 8.16. The van der Waals surface area contributed by atoms with E-state index in [1.807, 2.05) is 30.3 Å². The van der Waals surface area contributed by atoms with Crippen LogP contribution in [-0.4, -0.2) is 10.2 Å². The Kier molecular flexibility index (Phi) is 2.21. The van der Waals surface area contributed by atoms with Crippen molar-refractivity contribution in [1.82, 2.24) is 4.98 Å². The number of hydrogen-bond acceptors (Lipinski definition) is 3. The highest BCUT2D eigenvalue weighted by atomic mass is 17.1. The Morgan fingerprint density at radius 2 is 2.15 bits per heavy atom. The average molecular weight is 175 g/mol. The van der Waals surface area contributed by atoms with E-state index in [9.17, 15) is 0 Å². The first-order valence-corrected chi connectivity index (χ1v) is 4.00. The Bertz CT molecular complexity index is 414. The molecule has 0 aliphatic carbocycles. The molecule has 0 bridgehead atoms. The summed E-state index contributed by atoms with van der Waals surface area (Å²) in [5.41, 5.74) is 1.81. The number of hydrogen-bond donors (Lipinski definition) is 1. The topological polar surface area (TPSA) is 42.4 Å². The summed E-state index contributed by atoms with van der Waals surface area (Å²) in [5, 5.41) is 9.32. The highest BCUT2D eigenvalue weighted by Crippen LogP contribution is 2.12. The van der Waals surface area contributed by atoms with Crippen LogP contribution in [0.25, 0.3) is 10.9 Å². The Labute approximate surface area is 75.5 Å². The van der Waals surface area contributed by atoms with E-state index >= 15 is 0 Å². The molecule has 0 fully saturated rings. The van der Waals surface area contributed by atoms with Crippen molar-refractivity contribution in [2.75, 3.05) is 0 Å². The number of fused-ring (bicyclic) bond motifs is 1. The van der Waals surface area contributed by atoms with Crippen molar-refractivity contribution in [3.05, 3.63) is 42.1 Å². The van der Waals surface area contributed by atoms with E-state index in [4.69, 9.17) is 5.26 Å². The van der Waals surface area contributed by atoms with E-state index in [0.29, 0.717) is 0 Å². The molecule has 66 valence electrons. The van der Waals surface area contributed by atoms with Crippen molar-refractivity contribution in [3.8, 4) is 0 Å². The van der Waals surface area contributed by atoms with Crippen molar-refractivity contribution >= 4 is 10.9 Å². The summed E-state index contributed by atoms with van der Waals surface area (Å²) < 4.78 is 0. The summed E-state index contributed by atoms with van der Waals surface area (Å²) >= 11 is 0. The third-order valence-electron chi connectivity index (χ3n) is 1.88. The van der Waals surface area contributed by atoms with Crippen LogP contribution in [0, 0.1) is 0 Å². The van der Waals surface area contributed by atoms with Crippen LogP contribution in [0.2, 0.25) is 0 Å². The van der Waals surface area contributed by atoms with Crippen molar-refractivity contribution in [2.45, 2.75) is 6.61 Å². The normalized spacial score (nSPS) is 10.5. The summed E-state index contributed by atoms with van der Waals surface area (Å²) in [7, 11) is 0. The maximum atomic E-state index is 8.26. The molecule has 0 radical (unpaired) electrons. The smallest absolute Gasteiger partial charge is 0.109 e. The molecule has 13 heavy (non-hydrogen) atoms. The zero-order valence-corrected chi connectivity index (χ0v) is 6.97. The second-order valence-corrected chi connectivity index (χ2v) is 2.81. The molecule has 1 heterocycles. The number of para-hydroxylation sites is 1. The lowest BCUT2D eigenvalue weighted by molar-refractivity contribution is -0.253. The summed E-state index contributed by atoms with van der Waals surface area (Å²) in [4.78, 5) is 8.25. The molecule has 3 heteroatoms. The van der Waals surface area contributed by atoms with Crippen LogP contribution in [0.5, 0.6) is 0 Å². The van der Waals surface area contributed by atoms with Crippen molar-refractivity contribution < 1.29 is 10.1 Å². The minimum Gasteiger partial charge on any atom is -0.256 e. The highest BCUT2D eigenvalue weighted by Gasteiger charge is 1.96. The molecule has 0 saturated heterocycles. The van der Waals surface area contributed by atoms with E-state index in [1.165, 1.54) is 0 Å². The number of aromatic nitrogens is 1. The van der Waals surface area contributed by atoms with Crippen molar-refractivity contribution in [2.24, 2.45) is 0 Å². The SMILES string of the molecule is OOCc1cnc2ccccc2c1. The molecule has 0 aliphatic rings. The summed E-state index contributed by atoms with van der Waals surface area (Å²) in [5.74, 6) is 0. The van der Waals surface area contributed by atoms with E-state index in [-0.39, 0.29) is 6.61 Å². The summed E-state index contributed by atoms with van der Waals surface area (Å²) in [6, 6.07) is 9.76. The standard InChI is InChI=1S/C10H9NO2/c12-13-7-8-5-9-3-1-2-4-10(9)11-6-8/h1-6,12H,7H2. The number of nitrogens with zero attached hydrogens (tertiary/aromatic N) is 1. The minimum atomic E-state index is 0.178. The lowest BCUT2D eigenvalue weighted by Crippen LogP contribution is -1.89. The molecule has 2 aromatic rings. The van der Waals surface area contributed by atoms with E-state index in [0.717, 1.165) is 16.5 Å². The monoisotopic (exact) mass is 175 g/mol. The average Bonchev–Trinajstić information content (AvgIpc) is 2.18. The Balaban J connectivity index is 2.49. The lowest BCUT2D eigenvalue weighted by atomic mass is 10.2. The van der Waals surface area contributed by atoms with E-state index in [2.05, 4.69) is 9.87 Å². The van der Waals surface area contributed by atoms with Gasteiger partial charge >= 0.3 is 0 Å². The first-order chi connectivity index (χ1) is 6.40. The Morgan fingerprint density at radius 3 is 3.00 bits per heavy atom.